The summed E-state index contributed by atoms with van der Waals surface area (Å²) in [5.41, 5.74) is 4.92. The second-order valence-electron chi connectivity index (χ2n) is 8.00. The number of ketones is 1. The Bertz CT molecular complexity index is 803. The molecule has 25 heavy (non-hydrogen) atoms. The number of carbonyl (C=O) groups is 1. The van der Waals surface area contributed by atoms with Crippen LogP contribution in [0.3, 0.4) is 0 Å². The van der Waals surface area contributed by atoms with Crippen molar-refractivity contribution >= 4 is 11.5 Å². The number of hydrogen-bond donors (Lipinski definition) is 0. The molecule has 130 valence electrons. The summed E-state index contributed by atoms with van der Waals surface area (Å²) in [5.74, 6) is 0.231. The molecule has 0 N–H and O–H groups in total. The summed E-state index contributed by atoms with van der Waals surface area (Å²) >= 11 is 0. The van der Waals surface area contributed by atoms with Crippen LogP contribution in [-0.2, 0) is 6.42 Å². The van der Waals surface area contributed by atoms with Gasteiger partial charge in [-0.1, -0.05) is 26.0 Å². The lowest BCUT2D eigenvalue weighted by Gasteiger charge is -2.30. The molecular formula is C22H26N2O. The molecule has 1 aliphatic heterocycles. The molecule has 3 heteroatoms. The molecule has 0 radical (unpaired) electrons. The Balaban J connectivity index is 1.66. The second kappa shape index (κ2) is 6.29. The third-order valence-electron chi connectivity index (χ3n) is 5.68. The zero-order chi connectivity index (χ0) is 17.4. The highest BCUT2D eigenvalue weighted by Crippen LogP contribution is 2.35. The second-order valence-corrected chi connectivity index (χ2v) is 8.00. The summed E-state index contributed by atoms with van der Waals surface area (Å²) in [5, 5.41) is 0. The van der Waals surface area contributed by atoms with E-state index in [1.165, 1.54) is 24.9 Å². The van der Waals surface area contributed by atoms with Crippen LogP contribution in [0.25, 0.3) is 11.3 Å². The molecule has 0 unspecified atom stereocenters. The third-order valence-corrected chi connectivity index (χ3v) is 5.68. The van der Waals surface area contributed by atoms with E-state index in [4.69, 9.17) is 4.98 Å². The molecule has 3 nitrogen and oxygen atoms in total. The van der Waals surface area contributed by atoms with Crippen molar-refractivity contribution in [2.45, 2.75) is 46.0 Å². The van der Waals surface area contributed by atoms with E-state index in [9.17, 15) is 4.79 Å². The number of fused-ring (bicyclic) bond motifs is 1. The number of benzene rings is 1. The largest absolute Gasteiger partial charge is 0.372 e. The summed E-state index contributed by atoms with van der Waals surface area (Å²) in [7, 11) is 0. The molecule has 1 saturated heterocycles. The van der Waals surface area contributed by atoms with Crippen molar-refractivity contribution in [3.8, 4) is 11.3 Å². The van der Waals surface area contributed by atoms with Gasteiger partial charge in [0.25, 0.3) is 0 Å². The van der Waals surface area contributed by atoms with Gasteiger partial charge >= 0.3 is 0 Å². The van der Waals surface area contributed by atoms with Crippen LogP contribution in [0.5, 0.6) is 0 Å². The average molecular weight is 334 g/mol. The molecule has 1 aromatic heterocycles. The highest BCUT2D eigenvalue weighted by Gasteiger charge is 2.34. The number of nitrogens with zero attached hydrogens (tertiary/aromatic N) is 2. The molecule has 0 spiro atoms. The van der Waals surface area contributed by atoms with Crippen LogP contribution in [0.2, 0.25) is 0 Å². The molecule has 2 heterocycles. The Labute approximate surface area is 150 Å². The number of hydrogen-bond acceptors (Lipinski definition) is 3. The summed E-state index contributed by atoms with van der Waals surface area (Å²) in [4.78, 5) is 19.9. The van der Waals surface area contributed by atoms with Gasteiger partial charge in [0, 0.05) is 35.3 Å². The van der Waals surface area contributed by atoms with Crippen LogP contribution >= 0.6 is 0 Å². The van der Waals surface area contributed by atoms with E-state index in [1.54, 1.807) is 0 Å². The van der Waals surface area contributed by atoms with Crippen LogP contribution < -0.4 is 4.90 Å². The highest BCUT2D eigenvalue weighted by atomic mass is 16.1. The molecule has 2 aliphatic rings. The van der Waals surface area contributed by atoms with E-state index >= 15 is 0 Å². The van der Waals surface area contributed by atoms with E-state index in [0.29, 0.717) is 0 Å². The first-order valence-corrected chi connectivity index (χ1v) is 9.45. The quantitative estimate of drug-likeness (QED) is 0.783. The number of rotatable bonds is 2. The van der Waals surface area contributed by atoms with Crippen molar-refractivity contribution in [1.29, 1.82) is 0 Å². The van der Waals surface area contributed by atoms with Gasteiger partial charge in [-0.15, -0.1) is 0 Å². The van der Waals surface area contributed by atoms with Gasteiger partial charge in [0.1, 0.15) is 0 Å². The fraction of sp³-hybridized carbons (Fsp3) is 0.455. The first-order valence-electron chi connectivity index (χ1n) is 9.45. The number of anilines is 1. The third kappa shape index (κ3) is 3.08. The topological polar surface area (TPSA) is 33.2 Å². The van der Waals surface area contributed by atoms with E-state index in [2.05, 4.69) is 29.2 Å². The average Bonchev–Trinajstić information content (AvgIpc) is 2.66. The molecule has 1 fully saturated rings. The summed E-state index contributed by atoms with van der Waals surface area (Å²) in [6.45, 7) is 6.36. The molecule has 0 saturated carbocycles. The van der Waals surface area contributed by atoms with Crippen molar-refractivity contribution in [1.82, 2.24) is 4.98 Å². The first-order chi connectivity index (χ1) is 12.0. The molecular weight excluding hydrogens is 308 g/mol. The van der Waals surface area contributed by atoms with Crippen molar-refractivity contribution < 1.29 is 4.79 Å². The van der Waals surface area contributed by atoms with E-state index < -0.39 is 0 Å². The lowest BCUT2D eigenvalue weighted by Crippen LogP contribution is -2.31. The molecule has 2 aromatic rings. The van der Waals surface area contributed by atoms with Crippen molar-refractivity contribution in [2.75, 3.05) is 18.0 Å². The van der Waals surface area contributed by atoms with Crippen LogP contribution in [0.15, 0.2) is 36.4 Å². The monoisotopic (exact) mass is 334 g/mol. The lowest BCUT2D eigenvalue weighted by molar-refractivity contribution is 0.0809. The predicted octanol–water partition coefficient (Wildman–Crippen LogP) is 4.89. The number of aromatic nitrogens is 1. The molecule has 1 aromatic carbocycles. The number of Topliss-reactive ketones (excluding diaryl/α,β-unsaturated/α-hetero) is 1. The number of aryl methyl sites for hydroxylation is 1. The summed E-state index contributed by atoms with van der Waals surface area (Å²) in [6, 6.07) is 12.7. The highest BCUT2D eigenvalue weighted by molar-refractivity contribution is 6.02. The normalized spacial score (nSPS) is 19.6. The van der Waals surface area contributed by atoms with E-state index in [0.717, 1.165) is 48.4 Å². The zero-order valence-corrected chi connectivity index (χ0v) is 15.2. The Kier molecular flexibility index (Phi) is 4.10. The van der Waals surface area contributed by atoms with Gasteiger partial charge in [0.15, 0.2) is 5.78 Å². The Morgan fingerprint density at radius 3 is 2.64 bits per heavy atom. The number of pyridine rings is 1. The molecule has 0 atom stereocenters. The summed E-state index contributed by atoms with van der Waals surface area (Å²) in [6.07, 6.45) is 5.65. The standard InChI is InChI=1S/C22H26N2O/c1-22(2)12-11-20-18(21(22)25)9-10-19(23-20)16-7-6-8-17(15-16)24-13-4-3-5-14-24/h6-10,15H,3-5,11-14H2,1-2H3. The zero-order valence-electron chi connectivity index (χ0n) is 15.2. The van der Waals surface area contributed by atoms with Gasteiger partial charge in [-0.3, -0.25) is 9.78 Å². The SMILES string of the molecule is CC1(C)CCc2nc(-c3cccc(N4CCCCC4)c3)ccc2C1=O. The number of carbonyl (C=O) groups excluding carboxylic acids is 1. The Morgan fingerprint density at radius 2 is 1.84 bits per heavy atom. The predicted molar refractivity (Wildman–Crippen MR) is 102 cm³/mol. The maximum atomic E-state index is 12.6. The minimum Gasteiger partial charge on any atom is -0.372 e. The van der Waals surface area contributed by atoms with E-state index in [1.807, 2.05) is 26.0 Å². The fourth-order valence-electron chi connectivity index (χ4n) is 3.98. The van der Waals surface area contributed by atoms with Crippen molar-refractivity contribution in [3.05, 3.63) is 47.7 Å². The lowest BCUT2D eigenvalue weighted by atomic mass is 9.75. The van der Waals surface area contributed by atoms with Crippen molar-refractivity contribution in [2.24, 2.45) is 5.41 Å². The van der Waals surface area contributed by atoms with Gasteiger partial charge < -0.3 is 4.90 Å². The number of piperidine rings is 1. The fourth-order valence-corrected chi connectivity index (χ4v) is 3.98. The molecule has 1 aliphatic carbocycles. The maximum Gasteiger partial charge on any atom is 0.170 e. The minimum atomic E-state index is -0.260. The minimum absolute atomic E-state index is 0.231. The molecule has 4 rings (SSSR count). The van der Waals surface area contributed by atoms with Gasteiger partial charge in [-0.25, -0.2) is 0 Å². The van der Waals surface area contributed by atoms with Gasteiger partial charge in [-0.2, -0.15) is 0 Å². The van der Waals surface area contributed by atoms with Gasteiger partial charge in [-0.05, 0) is 56.4 Å². The van der Waals surface area contributed by atoms with Crippen LogP contribution in [0, 0.1) is 5.41 Å². The Morgan fingerprint density at radius 1 is 1.04 bits per heavy atom. The first kappa shape index (κ1) is 16.3. The Hall–Kier alpha value is -2.16. The molecule has 0 bridgehead atoms. The summed E-state index contributed by atoms with van der Waals surface area (Å²) < 4.78 is 0. The van der Waals surface area contributed by atoms with Crippen LogP contribution in [-0.4, -0.2) is 23.9 Å². The van der Waals surface area contributed by atoms with E-state index in [-0.39, 0.29) is 11.2 Å². The van der Waals surface area contributed by atoms with Crippen LogP contribution in [0.4, 0.5) is 5.69 Å². The van der Waals surface area contributed by atoms with Gasteiger partial charge in [0.2, 0.25) is 0 Å². The van der Waals surface area contributed by atoms with Crippen molar-refractivity contribution in [3.63, 3.8) is 0 Å². The molecule has 0 amide bonds. The maximum absolute atomic E-state index is 12.6. The van der Waals surface area contributed by atoms with Crippen LogP contribution in [0.1, 0.15) is 55.6 Å². The van der Waals surface area contributed by atoms with Gasteiger partial charge in [0.05, 0.1) is 11.4 Å². The smallest absolute Gasteiger partial charge is 0.170 e.